The van der Waals surface area contributed by atoms with Gasteiger partial charge in [0.15, 0.2) is 0 Å². The molecule has 17 heavy (non-hydrogen) atoms. The molecule has 0 N–H and O–H groups in total. The molecule has 0 atom stereocenters. The van der Waals surface area contributed by atoms with Crippen LogP contribution in [-0.2, 0) is 0 Å². The summed E-state index contributed by atoms with van der Waals surface area (Å²) in [7, 11) is 0. The van der Waals surface area contributed by atoms with E-state index >= 15 is 0 Å². The van der Waals surface area contributed by atoms with Crippen LogP contribution in [0.15, 0.2) is 25.3 Å². The van der Waals surface area contributed by atoms with E-state index in [1.165, 1.54) is 24.9 Å². The van der Waals surface area contributed by atoms with Crippen LogP contribution in [0, 0.1) is 11.3 Å². The first-order valence-electron chi connectivity index (χ1n) is 6.55. The molecule has 0 saturated carbocycles. The van der Waals surface area contributed by atoms with Crippen molar-refractivity contribution in [3.63, 3.8) is 0 Å². The van der Waals surface area contributed by atoms with Crippen molar-refractivity contribution in [1.82, 2.24) is 0 Å². The maximum absolute atomic E-state index is 8.58. The summed E-state index contributed by atoms with van der Waals surface area (Å²) in [5, 5.41) is 8.58. The molecule has 0 rings (SSSR count). The van der Waals surface area contributed by atoms with Crippen LogP contribution in [-0.4, -0.2) is 31.8 Å². The molecule has 0 aromatic carbocycles. The van der Waals surface area contributed by atoms with Crippen molar-refractivity contribution < 1.29 is 0 Å². The average molecular weight is 253 g/mol. The van der Waals surface area contributed by atoms with Gasteiger partial charge in [0.2, 0.25) is 0 Å². The van der Waals surface area contributed by atoms with Crippen LogP contribution in [0.25, 0.3) is 0 Å². The fourth-order valence-electron chi connectivity index (χ4n) is 2.26. The normalized spacial score (nSPS) is 13.4. The SMILES string of the molecule is C=CCCP(C)(C)(CCC=C)CCCCC#N. The van der Waals surface area contributed by atoms with E-state index in [4.69, 9.17) is 5.26 Å². The summed E-state index contributed by atoms with van der Waals surface area (Å²) in [6.07, 6.45) is 13.2. The molecular weight excluding hydrogens is 225 g/mol. The van der Waals surface area contributed by atoms with E-state index in [0.29, 0.717) is 6.42 Å². The van der Waals surface area contributed by atoms with Crippen LogP contribution in [0.3, 0.4) is 0 Å². The van der Waals surface area contributed by atoms with Crippen molar-refractivity contribution in [2.24, 2.45) is 0 Å². The third kappa shape index (κ3) is 7.35. The first-order chi connectivity index (χ1) is 7.96. The van der Waals surface area contributed by atoms with Gasteiger partial charge in [0.1, 0.15) is 0 Å². The van der Waals surface area contributed by atoms with Crippen LogP contribution in [0.1, 0.15) is 32.1 Å². The molecule has 1 nitrogen and oxygen atoms in total. The molecule has 0 fully saturated rings. The summed E-state index contributed by atoms with van der Waals surface area (Å²) in [5.41, 5.74) is 0. The van der Waals surface area contributed by atoms with Crippen molar-refractivity contribution in [2.75, 3.05) is 31.8 Å². The minimum atomic E-state index is -1.57. The Bertz CT molecular complexity index is 270. The Balaban J connectivity index is 4.41. The monoisotopic (exact) mass is 253 g/mol. The van der Waals surface area contributed by atoms with Gasteiger partial charge in [0, 0.05) is 0 Å². The molecule has 0 bridgehead atoms. The molecule has 0 amide bonds. The Kier molecular flexibility index (Phi) is 7.40. The third-order valence-electron chi connectivity index (χ3n) is 3.65. The molecule has 0 heterocycles. The number of hydrogen-bond acceptors (Lipinski definition) is 1. The van der Waals surface area contributed by atoms with Crippen LogP contribution < -0.4 is 0 Å². The topological polar surface area (TPSA) is 23.8 Å². The van der Waals surface area contributed by atoms with Gasteiger partial charge in [-0.3, -0.25) is 0 Å². The van der Waals surface area contributed by atoms with Crippen molar-refractivity contribution in [2.45, 2.75) is 32.1 Å². The van der Waals surface area contributed by atoms with Crippen molar-refractivity contribution in [1.29, 1.82) is 5.26 Å². The predicted octanol–water partition coefficient (Wildman–Crippen LogP) is 4.65. The van der Waals surface area contributed by atoms with E-state index in [2.05, 4.69) is 32.6 Å². The Labute approximate surface area is 108 Å². The van der Waals surface area contributed by atoms with Crippen LogP contribution >= 0.6 is 6.60 Å². The number of nitriles is 1. The second-order valence-electron chi connectivity index (χ2n) is 5.96. The van der Waals surface area contributed by atoms with E-state index in [1.54, 1.807) is 0 Å². The van der Waals surface area contributed by atoms with Gasteiger partial charge in [-0.2, -0.15) is 0 Å². The third-order valence-corrected chi connectivity index (χ3v) is 9.07. The van der Waals surface area contributed by atoms with Crippen LogP contribution in [0.4, 0.5) is 0 Å². The Morgan fingerprint density at radius 2 is 1.53 bits per heavy atom. The molecule has 0 unspecified atom stereocenters. The summed E-state index contributed by atoms with van der Waals surface area (Å²) in [6.45, 7) is 11.1. The maximum atomic E-state index is 8.58. The van der Waals surface area contributed by atoms with Crippen molar-refractivity contribution >= 4 is 6.60 Å². The van der Waals surface area contributed by atoms with Gasteiger partial charge < -0.3 is 0 Å². The average Bonchev–Trinajstić information content (AvgIpc) is 2.31. The van der Waals surface area contributed by atoms with E-state index in [0.717, 1.165) is 19.3 Å². The molecular formula is C15H28NP. The van der Waals surface area contributed by atoms with Gasteiger partial charge >= 0.3 is 107 Å². The molecule has 0 radical (unpaired) electrons. The molecule has 0 saturated heterocycles. The Morgan fingerprint density at radius 3 is 1.94 bits per heavy atom. The van der Waals surface area contributed by atoms with Crippen LogP contribution in [0.2, 0.25) is 0 Å². The van der Waals surface area contributed by atoms with Gasteiger partial charge in [0.25, 0.3) is 0 Å². The standard InChI is InChI=1S/C15H28NP/c1-5-7-13-17(3,4,14-8-6-2)15-11-9-10-12-16/h5-6H,1-2,7-11,13-15H2,3-4H3. The number of allylic oxidation sites excluding steroid dienone is 2. The van der Waals surface area contributed by atoms with Gasteiger partial charge in [0.05, 0.1) is 0 Å². The van der Waals surface area contributed by atoms with Crippen LogP contribution in [0.5, 0.6) is 0 Å². The molecule has 98 valence electrons. The number of nitrogens with zero attached hydrogens (tertiary/aromatic N) is 1. The van der Waals surface area contributed by atoms with Gasteiger partial charge in [-0.05, 0) is 0 Å². The quantitative estimate of drug-likeness (QED) is 0.316. The number of rotatable bonds is 10. The molecule has 0 aromatic heterocycles. The summed E-state index contributed by atoms with van der Waals surface area (Å²) in [4.78, 5) is 0. The predicted molar refractivity (Wildman–Crippen MR) is 82.5 cm³/mol. The van der Waals surface area contributed by atoms with Gasteiger partial charge in [-0.25, -0.2) is 0 Å². The molecule has 0 aliphatic rings. The van der Waals surface area contributed by atoms with E-state index in [1.807, 2.05) is 12.2 Å². The fourth-order valence-corrected chi connectivity index (χ4v) is 6.36. The van der Waals surface area contributed by atoms with E-state index in [9.17, 15) is 0 Å². The second-order valence-corrected chi connectivity index (χ2v) is 13.3. The zero-order valence-corrected chi connectivity index (χ0v) is 12.5. The van der Waals surface area contributed by atoms with E-state index in [-0.39, 0.29) is 0 Å². The zero-order valence-electron chi connectivity index (χ0n) is 11.6. The first-order valence-corrected chi connectivity index (χ1v) is 10.2. The number of hydrogen-bond donors (Lipinski definition) is 0. The summed E-state index contributed by atoms with van der Waals surface area (Å²) < 4.78 is 0. The molecule has 0 spiro atoms. The number of unbranched alkanes of at least 4 members (excludes halogenated alkanes) is 2. The van der Waals surface area contributed by atoms with Gasteiger partial charge in [-0.15, -0.1) is 0 Å². The minimum absolute atomic E-state index is 0.704. The van der Waals surface area contributed by atoms with Crippen molar-refractivity contribution in [3.8, 4) is 6.07 Å². The molecule has 2 heteroatoms. The molecule has 0 aliphatic carbocycles. The summed E-state index contributed by atoms with van der Waals surface area (Å²) >= 11 is 0. The Hall–Kier alpha value is -0.600. The van der Waals surface area contributed by atoms with E-state index < -0.39 is 6.60 Å². The molecule has 0 aromatic rings. The Morgan fingerprint density at radius 1 is 1.00 bits per heavy atom. The molecule has 0 aliphatic heterocycles. The summed E-state index contributed by atoms with van der Waals surface area (Å²) in [6, 6.07) is 2.23. The first kappa shape index (κ1) is 16.4. The second kappa shape index (κ2) is 7.67. The zero-order chi connectivity index (χ0) is 13.2. The summed E-state index contributed by atoms with van der Waals surface area (Å²) in [5.74, 6) is 0. The van der Waals surface area contributed by atoms with Crippen molar-refractivity contribution in [3.05, 3.63) is 25.3 Å². The van der Waals surface area contributed by atoms with Gasteiger partial charge in [-0.1, -0.05) is 0 Å². The fraction of sp³-hybridized carbons (Fsp3) is 0.667.